The van der Waals surface area contributed by atoms with Crippen molar-refractivity contribution in [3.05, 3.63) is 302 Å². The fraction of sp³-hybridized carbons (Fsp3) is 0.344. The maximum absolute atomic E-state index is 12.5. The van der Waals surface area contributed by atoms with Crippen molar-refractivity contribution in [3.63, 3.8) is 0 Å². The minimum atomic E-state index is -4.78. The molecule has 3 heterocycles. The Bertz CT molecular complexity index is 5020. The normalized spacial score (nSPS) is 11.1. The summed E-state index contributed by atoms with van der Waals surface area (Å²) >= 11 is 0. The van der Waals surface area contributed by atoms with Gasteiger partial charge in [0.25, 0.3) is 0 Å². The summed E-state index contributed by atoms with van der Waals surface area (Å²) in [6.07, 6.45) is -15.0. The van der Waals surface area contributed by atoms with Crippen molar-refractivity contribution in [1.29, 1.82) is 15.8 Å². The molecule has 11 rings (SSSR count). The van der Waals surface area contributed by atoms with Gasteiger partial charge in [-0.2, -0.15) is 29.0 Å². The number of ether oxygens (including phenoxy) is 3. The number of rotatable bonds is 14. The minimum absolute atomic E-state index is 0.0725. The van der Waals surface area contributed by atoms with E-state index < -0.39 is 42.3 Å². The number of aromatic nitrogens is 6. The number of nitriles is 3. The number of hydrogen-bond acceptors (Lipinski definition) is 12. The van der Waals surface area contributed by atoms with E-state index >= 15 is 0 Å². The molecule has 0 N–H and O–H groups in total. The SMILES string of the molecule is CC(C)c1ccc(C#N)c(OC(F)(F)F)c1.CC(C)c1ccc(OC(F)(F)F)c(C#N)c1.CC(C)c1cccc(OC(F)(F)F)c1.CC(C)c1cnc(C#N)nc1.CC(C)c1nc(-c2ccccc2)nc(-c2ccccc2)n1.Cc1cc(-c2ccccc2)cc(C(C)C)c1.Cc1cc(C(C)C)cc(C)n1.Cc1cc(C(F)(F)F)cc(C)c1C(C)C. The van der Waals surface area contributed by atoms with Gasteiger partial charge in [-0.1, -0.05) is 250 Å². The van der Waals surface area contributed by atoms with Crippen LogP contribution in [0.5, 0.6) is 17.2 Å². The summed E-state index contributed by atoms with van der Waals surface area (Å²) in [4.78, 5) is 25.9. The number of aryl methyl sites for hydroxylation is 5. The lowest BCUT2D eigenvalue weighted by molar-refractivity contribution is -0.275. The molecule has 0 saturated heterocycles. The number of pyridine rings is 1. The predicted molar refractivity (Wildman–Crippen MR) is 450 cm³/mol. The molecule has 120 heavy (non-hydrogen) atoms. The third-order valence-electron chi connectivity index (χ3n) is 17.6. The summed E-state index contributed by atoms with van der Waals surface area (Å²) in [5.74, 6) is 3.98. The van der Waals surface area contributed by atoms with Crippen LogP contribution < -0.4 is 14.2 Å². The first kappa shape index (κ1) is 100. The average Bonchev–Trinajstić information content (AvgIpc) is 0.825. The first-order valence-electron chi connectivity index (χ1n) is 38.9. The zero-order valence-electron chi connectivity index (χ0n) is 71.5. The van der Waals surface area contributed by atoms with Gasteiger partial charge in [0, 0.05) is 40.8 Å². The van der Waals surface area contributed by atoms with Crippen LogP contribution in [0.2, 0.25) is 0 Å². The molecular formula is C96H105F12N9O3. The van der Waals surface area contributed by atoms with Crippen molar-refractivity contribution in [2.45, 2.75) is 218 Å². The first-order chi connectivity index (χ1) is 56.0. The van der Waals surface area contributed by atoms with Crippen LogP contribution >= 0.6 is 0 Å². The van der Waals surface area contributed by atoms with Crippen molar-refractivity contribution in [2.75, 3.05) is 0 Å². The second-order valence-electron chi connectivity index (χ2n) is 30.4. The highest BCUT2D eigenvalue weighted by Gasteiger charge is 2.35. The summed E-state index contributed by atoms with van der Waals surface area (Å²) in [5, 5.41) is 25.8. The molecule has 0 bridgehead atoms. The van der Waals surface area contributed by atoms with Crippen LogP contribution in [-0.2, 0) is 6.18 Å². The molecule has 0 spiro atoms. The van der Waals surface area contributed by atoms with Crippen molar-refractivity contribution in [2.24, 2.45) is 0 Å². The Hall–Kier alpha value is -12.0. The smallest absolute Gasteiger partial charge is 0.406 e. The number of hydrogen-bond donors (Lipinski definition) is 0. The molecule has 0 fully saturated rings. The van der Waals surface area contributed by atoms with Gasteiger partial charge in [0.1, 0.15) is 41.3 Å². The van der Waals surface area contributed by atoms with E-state index in [1.54, 1.807) is 56.6 Å². The minimum Gasteiger partial charge on any atom is -0.406 e. The maximum atomic E-state index is 12.5. The molecule has 636 valence electrons. The van der Waals surface area contributed by atoms with E-state index in [9.17, 15) is 52.7 Å². The number of benzene rings is 8. The molecule has 0 unspecified atom stereocenters. The molecule has 0 aliphatic heterocycles. The van der Waals surface area contributed by atoms with Crippen LogP contribution in [0.25, 0.3) is 33.9 Å². The quantitative estimate of drug-likeness (QED) is 0.0943. The second kappa shape index (κ2) is 47.0. The molecule has 11 aromatic rings. The van der Waals surface area contributed by atoms with Gasteiger partial charge in [0.15, 0.2) is 11.6 Å². The maximum Gasteiger partial charge on any atom is 0.573 e. The molecule has 0 atom stereocenters. The van der Waals surface area contributed by atoms with Crippen molar-refractivity contribution >= 4 is 0 Å². The van der Waals surface area contributed by atoms with E-state index in [4.69, 9.17) is 15.8 Å². The monoisotopic (exact) mass is 1660 g/mol. The molecule has 0 radical (unpaired) electrons. The van der Waals surface area contributed by atoms with Crippen LogP contribution in [0.4, 0.5) is 52.7 Å². The number of alkyl halides is 12. The Morgan fingerprint density at radius 3 is 1.14 bits per heavy atom. The second-order valence-corrected chi connectivity index (χ2v) is 30.4. The third-order valence-corrected chi connectivity index (χ3v) is 17.6. The Morgan fingerprint density at radius 2 is 0.733 bits per heavy atom. The van der Waals surface area contributed by atoms with E-state index in [1.165, 1.54) is 82.4 Å². The van der Waals surface area contributed by atoms with E-state index in [-0.39, 0.29) is 52.3 Å². The lowest BCUT2D eigenvalue weighted by Gasteiger charge is -2.16. The fourth-order valence-corrected chi connectivity index (χ4v) is 11.4. The summed E-state index contributed by atoms with van der Waals surface area (Å²) in [6, 6.07) is 63.7. The van der Waals surface area contributed by atoms with Crippen LogP contribution in [0, 0.1) is 68.6 Å². The summed E-state index contributed by atoms with van der Waals surface area (Å²) in [5.41, 5.74) is 16.1. The number of halogens is 12. The third kappa shape index (κ3) is 35.7. The number of nitrogens with zero attached hydrogens (tertiary/aromatic N) is 9. The average molecular weight is 1660 g/mol. The molecule has 8 aromatic carbocycles. The topological polar surface area (TPSA) is 176 Å². The van der Waals surface area contributed by atoms with Gasteiger partial charge in [-0.25, -0.2) is 24.9 Å². The van der Waals surface area contributed by atoms with Crippen molar-refractivity contribution in [3.8, 4) is 69.4 Å². The van der Waals surface area contributed by atoms with Gasteiger partial charge in [-0.15, -0.1) is 39.5 Å². The van der Waals surface area contributed by atoms with Crippen LogP contribution in [0.1, 0.15) is 253 Å². The zero-order valence-corrected chi connectivity index (χ0v) is 71.5. The molecule has 0 saturated carbocycles. The van der Waals surface area contributed by atoms with Gasteiger partial charge in [0.05, 0.1) is 16.7 Å². The molecule has 24 heteroatoms. The van der Waals surface area contributed by atoms with Crippen molar-refractivity contribution < 1.29 is 66.9 Å². The molecular weight excluding hydrogens is 1560 g/mol. The molecule has 0 amide bonds. The van der Waals surface area contributed by atoms with Gasteiger partial charge in [-0.05, 0) is 198 Å². The largest absolute Gasteiger partial charge is 0.573 e. The highest BCUT2D eigenvalue weighted by molar-refractivity contribution is 5.65. The Labute approximate surface area is 698 Å². The van der Waals surface area contributed by atoms with Gasteiger partial charge >= 0.3 is 25.3 Å². The lowest BCUT2D eigenvalue weighted by atomic mass is 9.91. The molecule has 12 nitrogen and oxygen atoms in total. The standard InChI is InChI=1S/C18H17N3.C16H18.C12H15F3.2C11H10F3NO.C10H11F3O.C10H15N.C8H9N3/c1-13(2)16-19-17(14-9-5-3-6-10-14)21-18(20-16)15-11-7-4-8-12-15;1-12(2)15-9-13(3)10-16(11-15)14-7-5-4-6-8-14;1-7(2)11-8(3)5-10(6-9(11)4)12(13,14)15;1-7(2)8-3-4-10(9(5-8)6-15)16-11(12,13)14;1-7(2)8-3-4-9(6-15)10(5-8)16-11(12,13)14;1-7(2)8-4-3-5-9(6-8)14-10(11,12)13;1-7(2)10-5-8(3)11-9(4)6-10;1-6(2)7-4-10-8(3-9)11-5-7/h3-13H,1-2H3;4-12H,1-3H3;5-7H,1-4H3;2*3-5,7H,1-2H3;3-7H,1-2H3;5-7H,1-4H3;4-6H,1-2H3. The van der Waals surface area contributed by atoms with Crippen LogP contribution in [-0.4, -0.2) is 49.0 Å². The zero-order chi connectivity index (χ0) is 90.2. The van der Waals surface area contributed by atoms with Crippen molar-refractivity contribution in [1.82, 2.24) is 29.9 Å². The van der Waals surface area contributed by atoms with Gasteiger partial charge in [0.2, 0.25) is 5.82 Å². The summed E-state index contributed by atoms with van der Waals surface area (Å²) in [7, 11) is 0. The van der Waals surface area contributed by atoms with Gasteiger partial charge < -0.3 is 14.2 Å². The highest BCUT2D eigenvalue weighted by atomic mass is 19.4. The fourth-order valence-electron chi connectivity index (χ4n) is 11.4. The van der Waals surface area contributed by atoms with E-state index in [0.717, 1.165) is 73.4 Å². The lowest BCUT2D eigenvalue weighted by Crippen LogP contribution is -2.18. The van der Waals surface area contributed by atoms with Crippen LogP contribution in [0.15, 0.2) is 207 Å². The molecule has 3 aromatic heterocycles. The molecule has 0 aliphatic rings. The Kier molecular flexibility index (Phi) is 39.3. The summed E-state index contributed by atoms with van der Waals surface area (Å²) < 4.78 is 156. The van der Waals surface area contributed by atoms with Gasteiger partial charge in [-0.3, -0.25) is 4.98 Å². The Morgan fingerprint density at radius 1 is 0.317 bits per heavy atom. The van der Waals surface area contributed by atoms with E-state index in [0.29, 0.717) is 23.3 Å². The summed E-state index contributed by atoms with van der Waals surface area (Å²) in [6.45, 7) is 42.2. The first-order valence-corrected chi connectivity index (χ1v) is 38.9. The van der Waals surface area contributed by atoms with Crippen LogP contribution in [0.3, 0.4) is 0 Å². The molecule has 0 aliphatic carbocycles. The predicted octanol–water partition coefficient (Wildman–Crippen LogP) is 28.7. The highest BCUT2D eigenvalue weighted by Crippen LogP contribution is 2.36. The van der Waals surface area contributed by atoms with E-state index in [1.807, 2.05) is 136 Å². The Balaban J connectivity index is 0.000000290. The van der Waals surface area contributed by atoms with E-state index in [2.05, 4.69) is 167 Å².